The molecule has 0 aliphatic carbocycles. The first kappa shape index (κ1) is 11.5. The van der Waals surface area contributed by atoms with Crippen LogP contribution in [0.3, 0.4) is 0 Å². The van der Waals surface area contributed by atoms with Crippen molar-refractivity contribution >= 4 is 17.0 Å². The zero-order valence-electron chi connectivity index (χ0n) is 10.7. The first-order valence-electron chi connectivity index (χ1n) is 6.08. The molecular weight excluding hydrogens is 238 g/mol. The van der Waals surface area contributed by atoms with Gasteiger partial charge in [0, 0.05) is 31.7 Å². The van der Waals surface area contributed by atoms with Gasteiger partial charge >= 0.3 is 0 Å². The van der Waals surface area contributed by atoms with E-state index in [4.69, 9.17) is 5.73 Å². The van der Waals surface area contributed by atoms with Crippen molar-refractivity contribution < 1.29 is 0 Å². The second-order valence-electron chi connectivity index (χ2n) is 4.47. The summed E-state index contributed by atoms with van der Waals surface area (Å²) in [7, 11) is 2.00. The Bertz CT molecular complexity index is 704. The zero-order chi connectivity index (χ0) is 13.2. The lowest BCUT2D eigenvalue weighted by molar-refractivity contribution is 0.878. The van der Waals surface area contributed by atoms with Crippen LogP contribution in [0.1, 0.15) is 5.56 Å². The Morgan fingerprint density at radius 2 is 2.05 bits per heavy atom. The number of nitrogens with two attached hydrogens (primary N) is 1. The quantitative estimate of drug-likeness (QED) is 0.725. The van der Waals surface area contributed by atoms with Gasteiger partial charge in [-0.2, -0.15) is 5.10 Å². The maximum atomic E-state index is 5.97. The van der Waals surface area contributed by atoms with E-state index in [-0.39, 0.29) is 0 Å². The average molecular weight is 253 g/mol. The van der Waals surface area contributed by atoms with Gasteiger partial charge in [-0.1, -0.05) is 18.2 Å². The number of rotatable bonds is 3. The van der Waals surface area contributed by atoms with Crippen molar-refractivity contribution in [3.8, 4) is 0 Å². The largest absolute Gasteiger partial charge is 0.398 e. The van der Waals surface area contributed by atoms with Gasteiger partial charge in [0.15, 0.2) is 5.82 Å². The molecule has 0 radical (unpaired) electrons. The van der Waals surface area contributed by atoms with Gasteiger partial charge in [-0.15, -0.1) is 0 Å². The second kappa shape index (κ2) is 4.61. The molecule has 5 nitrogen and oxygen atoms in total. The van der Waals surface area contributed by atoms with Crippen LogP contribution in [-0.4, -0.2) is 21.6 Å². The van der Waals surface area contributed by atoms with Crippen LogP contribution in [0.4, 0.5) is 11.5 Å². The molecule has 5 heteroatoms. The molecular formula is C14H15N5. The van der Waals surface area contributed by atoms with Crippen LogP contribution in [0.2, 0.25) is 0 Å². The van der Waals surface area contributed by atoms with Crippen LogP contribution >= 0.6 is 0 Å². The molecule has 0 bridgehead atoms. The number of benzene rings is 1. The van der Waals surface area contributed by atoms with Crippen LogP contribution in [0.5, 0.6) is 0 Å². The highest BCUT2D eigenvalue weighted by molar-refractivity contribution is 5.68. The monoisotopic (exact) mass is 253 g/mol. The number of nitrogen functional groups attached to an aromatic ring is 1. The predicted octanol–water partition coefficient (Wildman–Crippen LogP) is 1.95. The van der Waals surface area contributed by atoms with Crippen molar-refractivity contribution in [2.24, 2.45) is 0 Å². The van der Waals surface area contributed by atoms with Gasteiger partial charge in [0.25, 0.3) is 0 Å². The SMILES string of the molecule is CN(Cc1ccccc1N)c1nccn2nccc12. The van der Waals surface area contributed by atoms with Crippen molar-refractivity contribution in [2.45, 2.75) is 6.54 Å². The van der Waals surface area contributed by atoms with Gasteiger partial charge in [0.2, 0.25) is 0 Å². The molecule has 0 aliphatic rings. The second-order valence-corrected chi connectivity index (χ2v) is 4.47. The fraction of sp³-hybridized carbons (Fsp3) is 0.143. The minimum absolute atomic E-state index is 0.713. The van der Waals surface area contributed by atoms with Gasteiger partial charge in [-0.3, -0.25) is 0 Å². The summed E-state index contributed by atoms with van der Waals surface area (Å²) in [5.41, 5.74) is 8.85. The summed E-state index contributed by atoms with van der Waals surface area (Å²) in [6, 6.07) is 9.83. The summed E-state index contributed by atoms with van der Waals surface area (Å²) in [6.07, 6.45) is 5.36. The smallest absolute Gasteiger partial charge is 0.154 e. The minimum atomic E-state index is 0.713. The van der Waals surface area contributed by atoms with Crippen molar-refractivity contribution in [3.63, 3.8) is 0 Å². The van der Waals surface area contributed by atoms with E-state index in [9.17, 15) is 0 Å². The predicted molar refractivity (Wildman–Crippen MR) is 75.9 cm³/mol. The molecule has 0 saturated carbocycles. The summed E-state index contributed by atoms with van der Waals surface area (Å²) >= 11 is 0. The van der Waals surface area contributed by atoms with Gasteiger partial charge < -0.3 is 10.6 Å². The Kier molecular flexibility index (Phi) is 2.79. The number of hydrogen-bond acceptors (Lipinski definition) is 4. The summed E-state index contributed by atoms with van der Waals surface area (Å²) in [6.45, 7) is 0.713. The highest BCUT2D eigenvalue weighted by Crippen LogP contribution is 2.20. The van der Waals surface area contributed by atoms with Gasteiger partial charge in [0.1, 0.15) is 5.52 Å². The molecule has 19 heavy (non-hydrogen) atoms. The standard InChI is InChI=1S/C14H15N5/c1-18(10-11-4-2-3-5-12(11)15)14-13-6-7-17-19(13)9-8-16-14/h2-9H,10,15H2,1H3. The fourth-order valence-electron chi connectivity index (χ4n) is 2.15. The van der Waals surface area contributed by atoms with E-state index in [1.807, 2.05) is 48.1 Å². The van der Waals surface area contributed by atoms with E-state index in [2.05, 4.69) is 15.0 Å². The summed E-state index contributed by atoms with van der Waals surface area (Å²) in [4.78, 5) is 6.50. The van der Waals surface area contributed by atoms with Crippen LogP contribution in [0, 0.1) is 0 Å². The van der Waals surface area contributed by atoms with Crippen molar-refractivity contribution in [2.75, 3.05) is 17.7 Å². The van der Waals surface area contributed by atoms with E-state index in [1.54, 1.807) is 12.4 Å². The van der Waals surface area contributed by atoms with Crippen molar-refractivity contribution in [1.82, 2.24) is 14.6 Å². The number of hydrogen-bond donors (Lipinski definition) is 1. The third-order valence-electron chi connectivity index (χ3n) is 3.13. The van der Waals surface area contributed by atoms with Gasteiger partial charge in [0.05, 0.1) is 6.20 Å². The lowest BCUT2D eigenvalue weighted by Crippen LogP contribution is -2.19. The normalized spacial score (nSPS) is 10.8. The summed E-state index contributed by atoms with van der Waals surface area (Å²) < 4.78 is 1.81. The number of para-hydroxylation sites is 1. The molecule has 2 heterocycles. The molecule has 0 fully saturated rings. The summed E-state index contributed by atoms with van der Waals surface area (Å²) in [5, 5.41) is 4.21. The van der Waals surface area contributed by atoms with Crippen LogP contribution < -0.4 is 10.6 Å². The molecule has 0 saturated heterocycles. The maximum Gasteiger partial charge on any atom is 0.154 e. The highest BCUT2D eigenvalue weighted by atomic mass is 15.3. The van der Waals surface area contributed by atoms with Crippen LogP contribution in [0.25, 0.3) is 5.52 Å². The lowest BCUT2D eigenvalue weighted by atomic mass is 10.2. The van der Waals surface area contributed by atoms with E-state index in [0.29, 0.717) is 6.54 Å². The number of fused-ring (bicyclic) bond motifs is 1. The third-order valence-corrected chi connectivity index (χ3v) is 3.13. The van der Waals surface area contributed by atoms with Crippen molar-refractivity contribution in [1.29, 1.82) is 0 Å². The first-order valence-corrected chi connectivity index (χ1v) is 6.08. The fourth-order valence-corrected chi connectivity index (χ4v) is 2.15. The lowest BCUT2D eigenvalue weighted by Gasteiger charge is -2.19. The molecule has 96 valence electrons. The first-order chi connectivity index (χ1) is 9.25. The third kappa shape index (κ3) is 2.10. The molecule has 2 N–H and O–H groups in total. The van der Waals surface area contributed by atoms with E-state index >= 15 is 0 Å². The molecule has 1 aromatic carbocycles. The minimum Gasteiger partial charge on any atom is -0.398 e. The average Bonchev–Trinajstić information content (AvgIpc) is 2.89. The number of aromatic nitrogens is 3. The van der Waals surface area contributed by atoms with Crippen LogP contribution in [-0.2, 0) is 6.54 Å². The topological polar surface area (TPSA) is 59.5 Å². The molecule has 3 rings (SSSR count). The Morgan fingerprint density at radius 1 is 1.21 bits per heavy atom. The Balaban J connectivity index is 1.94. The number of nitrogens with zero attached hydrogens (tertiary/aromatic N) is 4. The Hall–Kier alpha value is -2.56. The van der Waals surface area contributed by atoms with E-state index < -0.39 is 0 Å². The van der Waals surface area contributed by atoms with Gasteiger partial charge in [-0.25, -0.2) is 9.50 Å². The Morgan fingerprint density at radius 3 is 2.89 bits per heavy atom. The van der Waals surface area contributed by atoms with Crippen LogP contribution in [0.15, 0.2) is 48.9 Å². The molecule has 2 aromatic heterocycles. The molecule has 0 amide bonds. The van der Waals surface area contributed by atoms with Gasteiger partial charge in [-0.05, 0) is 17.7 Å². The molecule has 0 atom stereocenters. The zero-order valence-corrected chi connectivity index (χ0v) is 10.7. The Labute approximate surface area is 111 Å². The number of anilines is 2. The van der Waals surface area contributed by atoms with E-state index in [1.165, 1.54) is 0 Å². The van der Waals surface area contributed by atoms with Crippen molar-refractivity contribution in [3.05, 3.63) is 54.5 Å². The molecule has 0 aliphatic heterocycles. The molecule has 0 unspecified atom stereocenters. The molecule has 0 spiro atoms. The maximum absolute atomic E-state index is 5.97. The summed E-state index contributed by atoms with van der Waals surface area (Å²) in [5.74, 6) is 0.892. The van der Waals surface area contributed by atoms with E-state index in [0.717, 1.165) is 22.6 Å². The molecule has 3 aromatic rings. The highest BCUT2D eigenvalue weighted by Gasteiger charge is 2.10.